The van der Waals surface area contributed by atoms with E-state index in [1.807, 2.05) is 45.9 Å². The predicted molar refractivity (Wildman–Crippen MR) is 106 cm³/mol. The number of amides is 1. The van der Waals surface area contributed by atoms with Crippen LogP contribution in [0.3, 0.4) is 0 Å². The zero-order valence-corrected chi connectivity index (χ0v) is 16.6. The molecule has 0 saturated heterocycles. The summed E-state index contributed by atoms with van der Waals surface area (Å²) in [7, 11) is 0. The number of hydrogen-bond donors (Lipinski definition) is 2. The molecule has 0 fully saturated rings. The molecule has 0 bridgehead atoms. The Morgan fingerprint density at radius 3 is 2.33 bits per heavy atom. The summed E-state index contributed by atoms with van der Waals surface area (Å²) < 4.78 is 11.3. The van der Waals surface area contributed by atoms with Crippen LogP contribution in [-0.4, -0.2) is 24.1 Å². The van der Waals surface area contributed by atoms with Crippen molar-refractivity contribution in [3.05, 3.63) is 57.5 Å². The van der Waals surface area contributed by atoms with Gasteiger partial charge in [0, 0.05) is 5.69 Å². The van der Waals surface area contributed by atoms with E-state index < -0.39 is 11.5 Å². The number of pyridine rings is 1. The maximum Gasteiger partial charge on any atom is 0.260 e. The minimum absolute atomic E-state index is 0.0993. The molecule has 1 heterocycles. The standard InChI is InChI=1S/C21H28N2O4/c1-6-26-17-11-9-15(12-18(17)27-7-2)19(13(3)4)23-21(25)16-10-8-14(5)22-20(16)24/h8-13,19H,6-7H2,1-5H3,(H,22,24)(H,23,25). The summed E-state index contributed by atoms with van der Waals surface area (Å²) in [6, 6.07) is 8.64. The molecule has 6 nitrogen and oxygen atoms in total. The minimum atomic E-state index is -0.401. The molecule has 0 aliphatic heterocycles. The fourth-order valence-electron chi connectivity index (χ4n) is 2.87. The van der Waals surface area contributed by atoms with Crippen LogP contribution in [-0.2, 0) is 0 Å². The van der Waals surface area contributed by atoms with Gasteiger partial charge < -0.3 is 19.8 Å². The number of ether oxygens (including phenoxy) is 2. The smallest absolute Gasteiger partial charge is 0.260 e. The van der Waals surface area contributed by atoms with Gasteiger partial charge in [-0.05, 0) is 56.5 Å². The summed E-state index contributed by atoms with van der Waals surface area (Å²) >= 11 is 0. The van der Waals surface area contributed by atoms with Crippen LogP contribution in [0.4, 0.5) is 0 Å². The van der Waals surface area contributed by atoms with Crippen molar-refractivity contribution in [2.75, 3.05) is 13.2 Å². The number of carbonyl (C=O) groups excluding carboxylic acids is 1. The third-order valence-corrected chi connectivity index (χ3v) is 4.18. The van der Waals surface area contributed by atoms with Gasteiger partial charge in [-0.15, -0.1) is 0 Å². The fourth-order valence-corrected chi connectivity index (χ4v) is 2.87. The van der Waals surface area contributed by atoms with Crippen molar-refractivity contribution >= 4 is 5.91 Å². The van der Waals surface area contributed by atoms with Crippen molar-refractivity contribution in [1.29, 1.82) is 0 Å². The molecule has 0 aliphatic rings. The van der Waals surface area contributed by atoms with Gasteiger partial charge in [-0.2, -0.15) is 0 Å². The molecule has 1 amide bonds. The molecule has 27 heavy (non-hydrogen) atoms. The number of benzene rings is 1. The number of aryl methyl sites for hydroxylation is 1. The fraction of sp³-hybridized carbons (Fsp3) is 0.429. The molecule has 1 aromatic heterocycles. The molecule has 1 atom stereocenters. The van der Waals surface area contributed by atoms with Crippen molar-refractivity contribution < 1.29 is 14.3 Å². The Kier molecular flexibility index (Phi) is 7.05. The van der Waals surface area contributed by atoms with E-state index in [2.05, 4.69) is 10.3 Å². The Morgan fingerprint density at radius 2 is 1.74 bits per heavy atom. The topological polar surface area (TPSA) is 80.4 Å². The van der Waals surface area contributed by atoms with Gasteiger partial charge in [0.25, 0.3) is 11.5 Å². The monoisotopic (exact) mass is 372 g/mol. The maximum atomic E-state index is 12.7. The molecule has 1 unspecified atom stereocenters. The van der Waals surface area contributed by atoms with Crippen LogP contribution in [0.1, 0.15) is 55.4 Å². The highest BCUT2D eigenvalue weighted by molar-refractivity contribution is 5.94. The maximum absolute atomic E-state index is 12.7. The minimum Gasteiger partial charge on any atom is -0.490 e. The predicted octanol–water partition coefficient (Wildman–Crippen LogP) is 3.61. The summed E-state index contributed by atoms with van der Waals surface area (Å²) in [5, 5.41) is 2.97. The average molecular weight is 372 g/mol. The van der Waals surface area contributed by atoms with Gasteiger partial charge in [0.05, 0.1) is 19.3 Å². The van der Waals surface area contributed by atoms with Crippen LogP contribution in [0.5, 0.6) is 11.5 Å². The Hall–Kier alpha value is -2.76. The highest BCUT2D eigenvalue weighted by atomic mass is 16.5. The van der Waals surface area contributed by atoms with E-state index in [1.54, 1.807) is 19.1 Å². The summed E-state index contributed by atoms with van der Waals surface area (Å²) in [4.78, 5) is 27.4. The van der Waals surface area contributed by atoms with Crippen LogP contribution >= 0.6 is 0 Å². The molecular weight excluding hydrogens is 344 g/mol. The largest absolute Gasteiger partial charge is 0.490 e. The molecule has 0 saturated carbocycles. The Balaban J connectivity index is 2.32. The molecule has 2 rings (SSSR count). The van der Waals surface area contributed by atoms with E-state index in [-0.39, 0.29) is 17.5 Å². The number of aromatic nitrogens is 1. The lowest BCUT2D eigenvalue weighted by molar-refractivity contribution is 0.0924. The third kappa shape index (κ3) is 5.12. The zero-order valence-electron chi connectivity index (χ0n) is 16.6. The lowest BCUT2D eigenvalue weighted by Crippen LogP contribution is -2.35. The van der Waals surface area contributed by atoms with Gasteiger partial charge in [-0.3, -0.25) is 9.59 Å². The van der Waals surface area contributed by atoms with Crippen molar-refractivity contribution in [2.24, 2.45) is 5.92 Å². The SMILES string of the molecule is CCOc1ccc(C(NC(=O)c2ccc(C)[nH]c2=O)C(C)C)cc1OCC. The van der Waals surface area contributed by atoms with Crippen molar-refractivity contribution in [2.45, 2.75) is 40.7 Å². The number of aromatic amines is 1. The van der Waals surface area contributed by atoms with Gasteiger partial charge in [-0.1, -0.05) is 19.9 Å². The first-order valence-electron chi connectivity index (χ1n) is 9.27. The number of carbonyl (C=O) groups is 1. The quantitative estimate of drug-likeness (QED) is 0.742. The van der Waals surface area contributed by atoms with Crippen LogP contribution in [0.15, 0.2) is 35.1 Å². The molecule has 2 N–H and O–H groups in total. The number of rotatable bonds is 8. The summed E-state index contributed by atoms with van der Waals surface area (Å²) in [5.74, 6) is 1.03. The van der Waals surface area contributed by atoms with E-state index in [4.69, 9.17) is 9.47 Å². The number of H-pyrrole nitrogens is 1. The van der Waals surface area contributed by atoms with Crippen molar-refractivity contribution in [3.8, 4) is 11.5 Å². The van der Waals surface area contributed by atoms with Crippen LogP contribution in [0.2, 0.25) is 0 Å². The zero-order chi connectivity index (χ0) is 20.0. The molecule has 2 aromatic rings. The van der Waals surface area contributed by atoms with E-state index in [9.17, 15) is 9.59 Å². The van der Waals surface area contributed by atoms with Gasteiger partial charge in [0.1, 0.15) is 5.56 Å². The third-order valence-electron chi connectivity index (χ3n) is 4.18. The Bertz CT molecular complexity index is 842. The van der Waals surface area contributed by atoms with E-state index >= 15 is 0 Å². The van der Waals surface area contributed by atoms with Crippen molar-refractivity contribution in [1.82, 2.24) is 10.3 Å². The summed E-state index contributed by atoms with van der Waals surface area (Å²) in [6.07, 6.45) is 0. The van der Waals surface area contributed by atoms with E-state index in [1.165, 1.54) is 0 Å². The number of hydrogen-bond acceptors (Lipinski definition) is 4. The van der Waals surface area contributed by atoms with E-state index in [0.717, 1.165) is 5.56 Å². The molecule has 0 aliphatic carbocycles. The second-order valence-corrected chi connectivity index (χ2v) is 6.65. The second kappa shape index (κ2) is 9.26. The average Bonchev–Trinajstić information content (AvgIpc) is 2.61. The molecule has 146 valence electrons. The molecule has 0 spiro atoms. The van der Waals surface area contributed by atoms with Crippen LogP contribution < -0.4 is 20.3 Å². The summed E-state index contributed by atoms with van der Waals surface area (Å²) in [5.41, 5.74) is 1.32. The molecule has 6 heteroatoms. The molecule has 1 aromatic carbocycles. The second-order valence-electron chi connectivity index (χ2n) is 6.65. The lowest BCUT2D eigenvalue weighted by Gasteiger charge is -2.24. The van der Waals surface area contributed by atoms with E-state index in [0.29, 0.717) is 30.4 Å². The Labute approximate surface area is 159 Å². The molecule has 0 radical (unpaired) electrons. The van der Waals surface area contributed by atoms with Crippen molar-refractivity contribution in [3.63, 3.8) is 0 Å². The highest BCUT2D eigenvalue weighted by Gasteiger charge is 2.22. The first-order valence-corrected chi connectivity index (χ1v) is 9.27. The van der Waals surface area contributed by atoms with Gasteiger partial charge in [0.15, 0.2) is 11.5 Å². The molecular formula is C21H28N2O4. The lowest BCUT2D eigenvalue weighted by atomic mass is 9.95. The normalized spacial score (nSPS) is 11.9. The van der Waals surface area contributed by atoms with Crippen LogP contribution in [0, 0.1) is 12.8 Å². The number of nitrogens with one attached hydrogen (secondary N) is 2. The first-order chi connectivity index (χ1) is 12.9. The van der Waals surface area contributed by atoms with Gasteiger partial charge >= 0.3 is 0 Å². The van der Waals surface area contributed by atoms with Gasteiger partial charge in [0.2, 0.25) is 0 Å². The Morgan fingerprint density at radius 1 is 1.07 bits per heavy atom. The van der Waals surface area contributed by atoms with Crippen LogP contribution in [0.25, 0.3) is 0 Å². The highest BCUT2D eigenvalue weighted by Crippen LogP contribution is 2.33. The summed E-state index contributed by atoms with van der Waals surface area (Å²) in [6.45, 7) is 10.7. The first kappa shape index (κ1) is 20.6. The van der Waals surface area contributed by atoms with Gasteiger partial charge in [-0.25, -0.2) is 0 Å².